The first-order valence-corrected chi connectivity index (χ1v) is 10.5. The van der Waals surface area contributed by atoms with Crippen molar-refractivity contribution in [2.24, 2.45) is 11.1 Å². The van der Waals surface area contributed by atoms with Gasteiger partial charge >= 0.3 is 6.18 Å². The van der Waals surface area contributed by atoms with Crippen LogP contribution in [0, 0.1) is 11.7 Å². The van der Waals surface area contributed by atoms with Crippen molar-refractivity contribution in [1.29, 1.82) is 0 Å². The van der Waals surface area contributed by atoms with Crippen LogP contribution >= 0.6 is 15.9 Å². The van der Waals surface area contributed by atoms with Crippen molar-refractivity contribution in [1.82, 2.24) is 4.57 Å². The first kappa shape index (κ1) is 22.4. The maximum atomic E-state index is 14.1. The standard InChI is InChI=1S/C18H23BrF4N2OS/c1-10(2)8-25-9-12(11-5-15(20)14(19)6-16(11)25)13(18(21,22)23)7-17(3,4)27(24)26/h5-6,9-10,13H,7-8,24H2,1-4H3/t13-,27?/m0/s1. The molecule has 0 saturated carbocycles. The lowest BCUT2D eigenvalue weighted by molar-refractivity contribution is -0.152. The van der Waals surface area contributed by atoms with Gasteiger partial charge in [-0.1, -0.05) is 13.8 Å². The fourth-order valence-electron chi connectivity index (χ4n) is 3.11. The number of benzene rings is 1. The fourth-order valence-corrected chi connectivity index (χ4v) is 3.77. The van der Waals surface area contributed by atoms with Gasteiger partial charge in [0.2, 0.25) is 0 Å². The maximum absolute atomic E-state index is 14.1. The third kappa shape index (κ3) is 4.92. The van der Waals surface area contributed by atoms with E-state index in [4.69, 9.17) is 5.14 Å². The number of nitrogens with zero attached hydrogens (tertiary/aromatic N) is 1. The van der Waals surface area contributed by atoms with Gasteiger partial charge < -0.3 is 4.57 Å². The molecule has 0 saturated heterocycles. The molecule has 152 valence electrons. The Labute approximate surface area is 167 Å². The Morgan fingerprint density at radius 2 is 1.85 bits per heavy atom. The molecule has 0 spiro atoms. The number of rotatable bonds is 6. The molecule has 0 fully saturated rings. The van der Waals surface area contributed by atoms with Gasteiger partial charge in [-0.15, -0.1) is 0 Å². The van der Waals surface area contributed by atoms with Crippen molar-refractivity contribution in [3.8, 4) is 0 Å². The molecule has 0 bridgehead atoms. The van der Waals surface area contributed by atoms with E-state index < -0.39 is 40.1 Å². The third-order valence-corrected chi connectivity index (χ3v) is 6.39. The molecule has 0 aliphatic carbocycles. The number of aromatic nitrogens is 1. The van der Waals surface area contributed by atoms with Crippen molar-refractivity contribution in [3.05, 3.63) is 34.2 Å². The highest BCUT2D eigenvalue weighted by atomic mass is 79.9. The van der Waals surface area contributed by atoms with Crippen molar-refractivity contribution in [2.45, 2.75) is 57.5 Å². The molecule has 0 aliphatic rings. The Balaban J connectivity index is 2.71. The summed E-state index contributed by atoms with van der Waals surface area (Å²) >= 11 is 3.10. The van der Waals surface area contributed by atoms with E-state index in [0.29, 0.717) is 12.1 Å². The fraction of sp³-hybridized carbons (Fsp3) is 0.556. The minimum Gasteiger partial charge on any atom is -0.347 e. The lowest BCUT2D eigenvalue weighted by atomic mass is 9.89. The summed E-state index contributed by atoms with van der Waals surface area (Å²) in [6.45, 7) is 7.27. The Morgan fingerprint density at radius 3 is 2.33 bits per heavy atom. The Kier molecular flexibility index (Phi) is 6.48. The van der Waals surface area contributed by atoms with Gasteiger partial charge in [0.05, 0.1) is 26.1 Å². The van der Waals surface area contributed by atoms with E-state index in [1.165, 1.54) is 26.1 Å². The van der Waals surface area contributed by atoms with Crippen LogP contribution in [0.2, 0.25) is 0 Å². The summed E-state index contributed by atoms with van der Waals surface area (Å²) in [6.07, 6.45) is -3.61. The van der Waals surface area contributed by atoms with Gasteiger partial charge in [0, 0.05) is 23.6 Å². The van der Waals surface area contributed by atoms with Crippen LogP contribution in [0.5, 0.6) is 0 Å². The molecule has 2 N–H and O–H groups in total. The molecule has 9 heteroatoms. The van der Waals surface area contributed by atoms with E-state index in [0.717, 1.165) is 6.07 Å². The van der Waals surface area contributed by atoms with Gasteiger partial charge in [0.15, 0.2) is 0 Å². The second-order valence-electron chi connectivity index (χ2n) is 7.77. The predicted octanol–water partition coefficient (Wildman–Crippen LogP) is 5.64. The number of alkyl halides is 3. The van der Waals surface area contributed by atoms with Crippen molar-refractivity contribution >= 4 is 37.8 Å². The van der Waals surface area contributed by atoms with Gasteiger partial charge in [-0.2, -0.15) is 13.2 Å². The van der Waals surface area contributed by atoms with Crippen LogP contribution < -0.4 is 5.14 Å². The van der Waals surface area contributed by atoms with Crippen molar-refractivity contribution < 1.29 is 21.8 Å². The van der Waals surface area contributed by atoms with E-state index in [1.807, 2.05) is 13.8 Å². The quantitative estimate of drug-likeness (QED) is 0.545. The van der Waals surface area contributed by atoms with Gasteiger partial charge in [-0.25, -0.2) is 8.60 Å². The van der Waals surface area contributed by atoms with Gasteiger partial charge in [-0.05, 0) is 59.8 Å². The van der Waals surface area contributed by atoms with Crippen LogP contribution in [0.4, 0.5) is 17.6 Å². The van der Waals surface area contributed by atoms with Gasteiger partial charge in [0.1, 0.15) is 5.82 Å². The zero-order valence-electron chi connectivity index (χ0n) is 15.5. The largest absolute Gasteiger partial charge is 0.395 e. The lowest BCUT2D eigenvalue weighted by Gasteiger charge is -2.28. The summed E-state index contributed by atoms with van der Waals surface area (Å²) in [7, 11) is -1.94. The predicted molar refractivity (Wildman–Crippen MR) is 104 cm³/mol. The molecule has 3 nitrogen and oxygen atoms in total. The van der Waals surface area contributed by atoms with Crippen molar-refractivity contribution in [2.75, 3.05) is 0 Å². The smallest absolute Gasteiger partial charge is 0.347 e. The molecule has 1 unspecified atom stereocenters. The second kappa shape index (κ2) is 7.83. The number of nitrogens with two attached hydrogens (primary N) is 1. The highest BCUT2D eigenvalue weighted by Gasteiger charge is 2.46. The highest BCUT2D eigenvalue weighted by molar-refractivity contribution is 9.10. The highest BCUT2D eigenvalue weighted by Crippen LogP contribution is 2.45. The summed E-state index contributed by atoms with van der Waals surface area (Å²) in [4.78, 5) is 0. The molecule has 2 aromatic rings. The molecule has 1 aromatic carbocycles. The summed E-state index contributed by atoms with van der Waals surface area (Å²) < 4.78 is 68.3. The first-order valence-electron chi connectivity index (χ1n) is 8.44. The maximum Gasteiger partial charge on any atom is 0.395 e. The Hall–Kier alpha value is -0.930. The molecule has 27 heavy (non-hydrogen) atoms. The van der Waals surface area contributed by atoms with E-state index in [-0.39, 0.29) is 21.3 Å². The van der Waals surface area contributed by atoms with Crippen LogP contribution in [0.25, 0.3) is 10.9 Å². The normalized spacial score (nSPS) is 15.5. The molecule has 1 heterocycles. The Bertz CT molecular complexity index is 861. The molecule has 1 aromatic heterocycles. The minimum atomic E-state index is -4.59. The van der Waals surface area contributed by atoms with Gasteiger partial charge in [0.25, 0.3) is 0 Å². The van der Waals surface area contributed by atoms with E-state index >= 15 is 0 Å². The van der Waals surface area contributed by atoms with Crippen molar-refractivity contribution in [3.63, 3.8) is 0 Å². The molecule has 0 aliphatic heterocycles. The van der Waals surface area contributed by atoms with Crippen LogP contribution in [0.3, 0.4) is 0 Å². The molecule has 2 atom stereocenters. The van der Waals surface area contributed by atoms with E-state index in [2.05, 4.69) is 15.9 Å². The first-order chi connectivity index (χ1) is 12.2. The number of hydrogen-bond acceptors (Lipinski definition) is 1. The van der Waals surface area contributed by atoms with Crippen LogP contribution in [0.15, 0.2) is 22.8 Å². The molecule has 0 radical (unpaired) electrons. The summed E-state index contributed by atoms with van der Waals surface area (Å²) in [5.74, 6) is -2.35. The Morgan fingerprint density at radius 1 is 1.26 bits per heavy atom. The molecule has 0 amide bonds. The van der Waals surface area contributed by atoms with E-state index in [9.17, 15) is 21.8 Å². The average Bonchev–Trinajstić information content (AvgIpc) is 2.81. The number of halogens is 5. The topological polar surface area (TPSA) is 48.0 Å². The number of hydrogen-bond donors (Lipinski definition) is 1. The third-order valence-electron chi connectivity index (χ3n) is 4.53. The average molecular weight is 471 g/mol. The zero-order chi connectivity index (χ0) is 20.7. The van der Waals surface area contributed by atoms with E-state index in [1.54, 1.807) is 4.57 Å². The summed E-state index contributed by atoms with van der Waals surface area (Å²) in [5, 5.41) is 5.61. The molecular weight excluding hydrogens is 448 g/mol. The zero-order valence-corrected chi connectivity index (χ0v) is 17.9. The van der Waals surface area contributed by atoms with Crippen LogP contribution in [0.1, 0.15) is 45.6 Å². The summed E-state index contributed by atoms with van der Waals surface area (Å²) in [6, 6.07) is 2.62. The molecule has 2 rings (SSSR count). The summed E-state index contributed by atoms with van der Waals surface area (Å²) in [5.41, 5.74) is 0.496. The molecular formula is C18H23BrF4N2OS. The number of fused-ring (bicyclic) bond motifs is 1. The SMILES string of the molecule is CC(C)Cn1cc([C@H](CC(C)(C)S(N)=O)C(F)(F)F)c2cc(F)c(Br)cc21. The second-order valence-corrected chi connectivity index (χ2v) is 10.3. The van der Waals surface area contributed by atoms with Gasteiger partial charge in [-0.3, -0.25) is 5.14 Å². The minimum absolute atomic E-state index is 0.0249. The lowest BCUT2D eigenvalue weighted by Crippen LogP contribution is -2.37. The van der Waals surface area contributed by atoms with Crippen LogP contribution in [-0.2, 0) is 17.5 Å². The van der Waals surface area contributed by atoms with Crippen LogP contribution in [-0.4, -0.2) is 19.7 Å². The monoisotopic (exact) mass is 470 g/mol.